The Labute approximate surface area is 97.7 Å². The summed E-state index contributed by atoms with van der Waals surface area (Å²) in [5, 5.41) is 6.68. The van der Waals surface area contributed by atoms with Gasteiger partial charge in [0.15, 0.2) is 0 Å². The van der Waals surface area contributed by atoms with Crippen molar-refractivity contribution in [2.75, 3.05) is 23.7 Å². The van der Waals surface area contributed by atoms with E-state index in [9.17, 15) is 0 Å². The predicted molar refractivity (Wildman–Crippen MR) is 68.8 cm³/mol. The first-order valence-electron chi connectivity index (χ1n) is 6.33. The molecule has 0 aromatic carbocycles. The van der Waals surface area contributed by atoms with Gasteiger partial charge in [0, 0.05) is 13.1 Å². The second kappa shape index (κ2) is 5.73. The van der Waals surface area contributed by atoms with Gasteiger partial charge >= 0.3 is 0 Å². The van der Waals surface area contributed by atoms with Gasteiger partial charge in [-0.2, -0.15) is 0 Å². The average molecular weight is 219 g/mol. The molecule has 2 N–H and O–H groups in total. The van der Waals surface area contributed by atoms with E-state index in [-0.39, 0.29) is 0 Å². The first-order valence-corrected chi connectivity index (χ1v) is 6.33. The molecule has 1 saturated carbocycles. The maximum absolute atomic E-state index is 4.51. The molecule has 1 aromatic heterocycles. The summed E-state index contributed by atoms with van der Waals surface area (Å²) >= 11 is 0. The summed E-state index contributed by atoms with van der Waals surface area (Å²) in [6.07, 6.45) is 5.26. The van der Waals surface area contributed by atoms with Crippen LogP contribution in [0.4, 0.5) is 11.6 Å². The Morgan fingerprint density at radius 3 is 2.50 bits per heavy atom. The van der Waals surface area contributed by atoms with E-state index in [1.165, 1.54) is 19.3 Å². The highest BCUT2D eigenvalue weighted by Gasteiger charge is 2.20. The summed E-state index contributed by atoms with van der Waals surface area (Å²) in [5.74, 6) is 2.94. The third-order valence-electron chi connectivity index (χ3n) is 2.86. The van der Waals surface area contributed by atoms with Crippen LogP contribution in [0.1, 0.15) is 32.6 Å². The molecule has 0 radical (unpaired) electrons. The minimum absolute atomic E-state index is 0.971. The normalized spacial score (nSPS) is 14.8. The van der Waals surface area contributed by atoms with Crippen molar-refractivity contribution in [2.45, 2.75) is 32.6 Å². The highest BCUT2D eigenvalue weighted by molar-refractivity contribution is 5.44. The van der Waals surface area contributed by atoms with Crippen molar-refractivity contribution < 1.29 is 0 Å². The summed E-state index contributed by atoms with van der Waals surface area (Å²) in [6, 6.07) is 6.09. The van der Waals surface area contributed by atoms with Crippen LogP contribution in [0, 0.1) is 5.92 Å². The van der Waals surface area contributed by atoms with Gasteiger partial charge in [-0.25, -0.2) is 4.98 Å². The van der Waals surface area contributed by atoms with Crippen molar-refractivity contribution in [3.05, 3.63) is 18.2 Å². The number of pyridine rings is 1. The van der Waals surface area contributed by atoms with Gasteiger partial charge in [0.2, 0.25) is 0 Å². The highest BCUT2D eigenvalue weighted by atomic mass is 15.1. The lowest BCUT2D eigenvalue weighted by molar-refractivity contribution is 0.758. The molecule has 1 fully saturated rings. The SMILES string of the molecule is CCCNc1cccc(NCCC2CC2)n1. The van der Waals surface area contributed by atoms with Crippen molar-refractivity contribution in [3.8, 4) is 0 Å². The van der Waals surface area contributed by atoms with E-state index in [1.807, 2.05) is 18.2 Å². The second-order valence-corrected chi connectivity index (χ2v) is 4.49. The summed E-state index contributed by atoms with van der Waals surface area (Å²) in [5.41, 5.74) is 0. The van der Waals surface area contributed by atoms with Gasteiger partial charge in [0.05, 0.1) is 0 Å². The molecular weight excluding hydrogens is 198 g/mol. The van der Waals surface area contributed by atoms with E-state index in [1.54, 1.807) is 0 Å². The molecule has 1 aliphatic carbocycles. The van der Waals surface area contributed by atoms with Gasteiger partial charge < -0.3 is 10.6 Å². The zero-order valence-electron chi connectivity index (χ0n) is 10.00. The average Bonchev–Trinajstić information content (AvgIpc) is 3.11. The molecule has 0 saturated heterocycles. The van der Waals surface area contributed by atoms with E-state index in [2.05, 4.69) is 22.5 Å². The highest BCUT2D eigenvalue weighted by Crippen LogP contribution is 2.32. The Kier molecular flexibility index (Phi) is 4.03. The van der Waals surface area contributed by atoms with E-state index in [0.717, 1.165) is 37.1 Å². The van der Waals surface area contributed by atoms with Gasteiger partial charge in [-0.3, -0.25) is 0 Å². The van der Waals surface area contributed by atoms with Gasteiger partial charge in [-0.1, -0.05) is 25.8 Å². The van der Waals surface area contributed by atoms with Crippen LogP contribution in [0.2, 0.25) is 0 Å². The maximum Gasteiger partial charge on any atom is 0.128 e. The number of nitrogens with one attached hydrogen (secondary N) is 2. The molecule has 0 spiro atoms. The third-order valence-corrected chi connectivity index (χ3v) is 2.86. The minimum atomic E-state index is 0.971. The lowest BCUT2D eigenvalue weighted by Crippen LogP contribution is -2.06. The molecule has 0 bridgehead atoms. The number of aromatic nitrogens is 1. The lowest BCUT2D eigenvalue weighted by Gasteiger charge is -2.08. The van der Waals surface area contributed by atoms with E-state index in [4.69, 9.17) is 0 Å². The molecule has 0 aliphatic heterocycles. The van der Waals surface area contributed by atoms with Gasteiger partial charge in [-0.15, -0.1) is 0 Å². The predicted octanol–water partition coefficient (Wildman–Crippen LogP) is 3.12. The Morgan fingerprint density at radius 1 is 1.19 bits per heavy atom. The van der Waals surface area contributed by atoms with Crippen molar-refractivity contribution in [2.24, 2.45) is 5.92 Å². The fourth-order valence-electron chi connectivity index (χ4n) is 1.70. The summed E-state index contributed by atoms with van der Waals surface area (Å²) in [4.78, 5) is 4.51. The third kappa shape index (κ3) is 3.72. The monoisotopic (exact) mass is 219 g/mol. The van der Waals surface area contributed by atoms with Crippen molar-refractivity contribution >= 4 is 11.6 Å². The van der Waals surface area contributed by atoms with E-state index >= 15 is 0 Å². The van der Waals surface area contributed by atoms with Crippen LogP contribution in [-0.2, 0) is 0 Å². The summed E-state index contributed by atoms with van der Waals surface area (Å²) < 4.78 is 0. The zero-order valence-corrected chi connectivity index (χ0v) is 10.00. The zero-order chi connectivity index (χ0) is 11.2. The number of anilines is 2. The molecule has 3 heteroatoms. The Morgan fingerprint density at radius 2 is 1.88 bits per heavy atom. The van der Waals surface area contributed by atoms with Gasteiger partial charge in [0.25, 0.3) is 0 Å². The van der Waals surface area contributed by atoms with Crippen LogP contribution < -0.4 is 10.6 Å². The second-order valence-electron chi connectivity index (χ2n) is 4.49. The molecule has 0 amide bonds. The Bertz CT molecular complexity index is 321. The molecule has 1 aliphatic rings. The Hall–Kier alpha value is -1.25. The minimum Gasteiger partial charge on any atom is -0.370 e. The van der Waals surface area contributed by atoms with Crippen molar-refractivity contribution in [3.63, 3.8) is 0 Å². The van der Waals surface area contributed by atoms with E-state index in [0.29, 0.717) is 0 Å². The molecule has 0 unspecified atom stereocenters. The molecule has 88 valence electrons. The maximum atomic E-state index is 4.51. The molecule has 3 nitrogen and oxygen atoms in total. The Balaban J connectivity index is 1.77. The standard InChI is InChI=1S/C13H21N3/c1-2-9-14-12-4-3-5-13(16-12)15-10-8-11-6-7-11/h3-5,11H,2,6-10H2,1H3,(H2,14,15,16). The molecule has 16 heavy (non-hydrogen) atoms. The lowest BCUT2D eigenvalue weighted by atomic mass is 10.3. The number of nitrogens with zero attached hydrogens (tertiary/aromatic N) is 1. The van der Waals surface area contributed by atoms with Crippen LogP contribution in [0.15, 0.2) is 18.2 Å². The van der Waals surface area contributed by atoms with Crippen LogP contribution in [0.3, 0.4) is 0 Å². The molecule has 1 aromatic rings. The first-order chi connectivity index (χ1) is 7.88. The van der Waals surface area contributed by atoms with Crippen LogP contribution in [0.25, 0.3) is 0 Å². The molecule has 1 heterocycles. The topological polar surface area (TPSA) is 37.0 Å². The summed E-state index contributed by atoms with van der Waals surface area (Å²) in [7, 11) is 0. The first kappa shape index (κ1) is 11.2. The molecular formula is C13H21N3. The number of hydrogen-bond acceptors (Lipinski definition) is 3. The fourth-order valence-corrected chi connectivity index (χ4v) is 1.70. The molecule has 0 atom stereocenters. The quantitative estimate of drug-likeness (QED) is 0.740. The molecule has 2 rings (SSSR count). The smallest absolute Gasteiger partial charge is 0.128 e. The number of rotatable bonds is 7. The van der Waals surface area contributed by atoms with Gasteiger partial charge in [0.1, 0.15) is 11.6 Å². The number of hydrogen-bond donors (Lipinski definition) is 2. The largest absolute Gasteiger partial charge is 0.370 e. The van der Waals surface area contributed by atoms with Crippen molar-refractivity contribution in [1.82, 2.24) is 4.98 Å². The van der Waals surface area contributed by atoms with Crippen LogP contribution >= 0.6 is 0 Å². The summed E-state index contributed by atoms with van der Waals surface area (Å²) in [6.45, 7) is 4.19. The van der Waals surface area contributed by atoms with Gasteiger partial charge in [-0.05, 0) is 30.9 Å². The van der Waals surface area contributed by atoms with Crippen LogP contribution in [0.5, 0.6) is 0 Å². The van der Waals surface area contributed by atoms with Crippen LogP contribution in [-0.4, -0.2) is 18.1 Å². The van der Waals surface area contributed by atoms with E-state index < -0.39 is 0 Å². The van der Waals surface area contributed by atoms with Crippen molar-refractivity contribution in [1.29, 1.82) is 0 Å². The fraction of sp³-hybridized carbons (Fsp3) is 0.615.